The summed E-state index contributed by atoms with van der Waals surface area (Å²) in [5, 5.41) is 3.84. The monoisotopic (exact) mass is 401 g/mol. The summed E-state index contributed by atoms with van der Waals surface area (Å²) in [6.45, 7) is 3.09. The van der Waals surface area contributed by atoms with E-state index in [-0.39, 0.29) is 18.1 Å². The van der Waals surface area contributed by atoms with Crippen LogP contribution in [-0.4, -0.2) is 44.3 Å². The van der Waals surface area contributed by atoms with E-state index in [0.717, 1.165) is 28.4 Å². The van der Waals surface area contributed by atoms with E-state index < -0.39 is 5.82 Å². The van der Waals surface area contributed by atoms with Crippen LogP contribution in [0.2, 0.25) is 0 Å². The fourth-order valence-corrected chi connectivity index (χ4v) is 4.15. The first-order chi connectivity index (χ1) is 13.6. The lowest BCUT2D eigenvalue weighted by Gasteiger charge is -2.25. The van der Waals surface area contributed by atoms with Gasteiger partial charge in [-0.05, 0) is 35.9 Å². The minimum atomic E-state index is -0.477. The Morgan fingerprint density at radius 1 is 1.29 bits per heavy atom. The number of nitrogens with one attached hydrogen (secondary N) is 1. The quantitative estimate of drug-likeness (QED) is 0.709. The average molecular weight is 401 g/mol. The molecule has 0 bridgehead atoms. The van der Waals surface area contributed by atoms with E-state index in [0.29, 0.717) is 24.5 Å². The molecular weight excluding hydrogens is 381 g/mol. The average Bonchev–Trinajstić information content (AvgIpc) is 3.12. The number of rotatable bonds is 5. The van der Waals surface area contributed by atoms with Crippen molar-refractivity contribution < 1.29 is 18.7 Å². The lowest BCUT2D eigenvalue weighted by molar-refractivity contribution is -0.115. The lowest BCUT2D eigenvalue weighted by atomic mass is 10.1. The number of hydrogen-bond donors (Lipinski definition) is 1. The van der Waals surface area contributed by atoms with Crippen molar-refractivity contribution in [1.29, 1.82) is 0 Å². The van der Waals surface area contributed by atoms with Crippen LogP contribution >= 0.6 is 11.3 Å². The standard InChI is InChI=1S/C20H20FN3O3S/c1-26-17-5-2-13(10-15(17)21)11-19(25)22-14-3-4-16-18(12-14)28-20(23-16)24-6-8-27-9-7-24/h2-5,10,12H,6-9,11H2,1H3,(H,22,25). The Morgan fingerprint density at radius 3 is 2.86 bits per heavy atom. The predicted molar refractivity (Wildman–Crippen MR) is 108 cm³/mol. The second-order valence-electron chi connectivity index (χ2n) is 6.47. The molecule has 8 heteroatoms. The normalized spacial score (nSPS) is 14.3. The molecule has 1 aliphatic heterocycles. The molecule has 6 nitrogen and oxygen atoms in total. The predicted octanol–water partition coefficient (Wildman–Crippen LogP) is 3.46. The summed E-state index contributed by atoms with van der Waals surface area (Å²) in [5.74, 6) is -0.521. The van der Waals surface area contributed by atoms with Crippen molar-refractivity contribution in [3.05, 3.63) is 47.8 Å². The van der Waals surface area contributed by atoms with Gasteiger partial charge in [-0.15, -0.1) is 0 Å². The zero-order valence-corrected chi connectivity index (χ0v) is 16.2. The molecule has 2 heterocycles. The van der Waals surface area contributed by atoms with E-state index in [1.807, 2.05) is 18.2 Å². The zero-order valence-electron chi connectivity index (χ0n) is 15.4. The van der Waals surface area contributed by atoms with Gasteiger partial charge in [0.2, 0.25) is 5.91 Å². The molecule has 0 radical (unpaired) electrons. The minimum absolute atomic E-state index is 0.0840. The number of benzene rings is 2. The summed E-state index contributed by atoms with van der Waals surface area (Å²) in [4.78, 5) is 19.2. The summed E-state index contributed by atoms with van der Waals surface area (Å²) in [7, 11) is 1.41. The van der Waals surface area contributed by atoms with E-state index in [1.165, 1.54) is 19.2 Å². The summed E-state index contributed by atoms with van der Waals surface area (Å²) in [6, 6.07) is 10.2. The van der Waals surface area contributed by atoms with Gasteiger partial charge in [0.05, 0.1) is 37.0 Å². The molecule has 4 rings (SSSR count). The van der Waals surface area contributed by atoms with Crippen molar-refractivity contribution in [2.45, 2.75) is 6.42 Å². The number of carbonyl (C=O) groups excluding carboxylic acids is 1. The number of fused-ring (bicyclic) bond motifs is 1. The van der Waals surface area contributed by atoms with Crippen LogP contribution in [0.4, 0.5) is 15.2 Å². The molecular formula is C20H20FN3O3S. The van der Waals surface area contributed by atoms with Gasteiger partial charge in [-0.25, -0.2) is 9.37 Å². The van der Waals surface area contributed by atoms with Gasteiger partial charge in [-0.1, -0.05) is 17.4 Å². The molecule has 2 aromatic carbocycles. The van der Waals surface area contributed by atoms with E-state index >= 15 is 0 Å². The molecule has 1 saturated heterocycles. The van der Waals surface area contributed by atoms with Crippen LogP contribution in [0.5, 0.6) is 5.75 Å². The molecule has 1 N–H and O–H groups in total. The van der Waals surface area contributed by atoms with Crippen LogP contribution in [0.3, 0.4) is 0 Å². The Bertz CT molecular complexity index is 1000. The first-order valence-corrected chi connectivity index (χ1v) is 9.79. The number of morpholine rings is 1. The third-order valence-electron chi connectivity index (χ3n) is 4.52. The third kappa shape index (κ3) is 4.07. The molecule has 1 aliphatic rings. The SMILES string of the molecule is COc1ccc(CC(=O)Nc2ccc3nc(N4CCOCC4)sc3c2)cc1F. The zero-order chi connectivity index (χ0) is 19.5. The molecule has 0 atom stereocenters. The maximum absolute atomic E-state index is 13.8. The number of carbonyl (C=O) groups is 1. The molecule has 0 saturated carbocycles. The number of thiazole rings is 1. The Morgan fingerprint density at radius 2 is 2.11 bits per heavy atom. The van der Waals surface area contributed by atoms with Crippen molar-refractivity contribution in [1.82, 2.24) is 4.98 Å². The number of methoxy groups -OCH3 is 1. The number of halogens is 1. The van der Waals surface area contributed by atoms with Gasteiger partial charge in [-0.3, -0.25) is 4.79 Å². The summed E-state index contributed by atoms with van der Waals surface area (Å²) in [6.07, 6.45) is 0.0840. The van der Waals surface area contributed by atoms with Gasteiger partial charge >= 0.3 is 0 Å². The fraction of sp³-hybridized carbons (Fsp3) is 0.300. The highest BCUT2D eigenvalue weighted by atomic mass is 32.1. The number of hydrogen-bond acceptors (Lipinski definition) is 6. The largest absolute Gasteiger partial charge is 0.494 e. The first-order valence-electron chi connectivity index (χ1n) is 8.98. The van der Waals surface area contributed by atoms with Crippen LogP contribution in [0.1, 0.15) is 5.56 Å². The van der Waals surface area contributed by atoms with Crippen molar-refractivity contribution >= 4 is 38.3 Å². The van der Waals surface area contributed by atoms with Crippen LogP contribution in [0.25, 0.3) is 10.2 Å². The number of amides is 1. The Balaban J connectivity index is 1.45. The summed E-state index contributed by atoms with van der Waals surface area (Å²) in [5.41, 5.74) is 2.19. The Labute approximate surface area is 165 Å². The smallest absolute Gasteiger partial charge is 0.228 e. The number of anilines is 2. The molecule has 28 heavy (non-hydrogen) atoms. The van der Waals surface area contributed by atoms with E-state index in [2.05, 4.69) is 15.2 Å². The van der Waals surface area contributed by atoms with Crippen molar-refractivity contribution in [2.24, 2.45) is 0 Å². The number of ether oxygens (including phenoxy) is 2. The van der Waals surface area contributed by atoms with Crippen LogP contribution in [0, 0.1) is 5.82 Å². The molecule has 0 spiro atoms. The number of nitrogens with zero attached hydrogens (tertiary/aromatic N) is 2. The van der Waals surface area contributed by atoms with Gasteiger partial charge in [0.15, 0.2) is 16.7 Å². The lowest BCUT2D eigenvalue weighted by Crippen LogP contribution is -2.36. The third-order valence-corrected chi connectivity index (χ3v) is 5.60. The molecule has 0 unspecified atom stereocenters. The second-order valence-corrected chi connectivity index (χ2v) is 7.48. The van der Waals surface area contributed by atoms with Gasteiger partial charge in [0.25, 0.3) is 0 Å². The highest BCUT2D eigenvalue weighted by molar-refractivity contribution is 7.22. The molecule has 0 aliphatic carbocycles. The highest BCUT2D eigenvalue weighted by Crippen LogP contribution is 2.31. The van der Waals surface area contributed by atoms with E-state index in [9.17, 15) is 9.18 Å². The molecule has 3 aromatic rings. The highest BCUT2D eigenvalue weighted by Gasteiger charge is 2.16. The maximum Gasteiger partial charge on any atom is 0.228 e. The minimum Gasteiger partial charge on any atom is -0.494 e. The van der Waals surface area contributed by atoms with Gasteiger partial charge in [-0.2, -0.15) is 0 Å². The van der Waals surface area contributed by atoms with Crippen LogP contribution in [0.15, 0.2) is 36.4 Å². The van der Waals surface area contributed by atoms with Gasteiger partial charge in [0.1, 0.15) is 0 Å². The maximum atomic E-state index is 13.8. The Kier molecular flexibility index (Phi) is 5.40. The molecule has 1 amide bonds. The topological polar surface area (TPSA) is 63.7 Å². The second kappa shape index (κ2) is 8.12. The van der Waals surface area contributed by atoms with E-state index in [4.69, 9.17) is 9.47 Å². The molecule has 1 fully saturated rings. The van der Waals surface area contributed by atoms with Crippen molar-refractivity contribution in [3.63, 3.8) is 0 Å². The summed E-state index contributed by atoms with van der Waals surface area (Å²) >= 11 is 1.60. The van der Waals surface area contributed by atoms with E-state index in [1.54, 1.807) is 17.4 Å². The first kappa shape index (κ1) is 18.6. The molecule has 146 valence electrons. The van der Waals surface area contributed by atoms with Crippen molar-refractivity contribution in [3.8, 4) is 5.75 Å². The molecule has 1 aromatic heterocycles. The Hall–Kier alpha value is -2.71. The van der Waals surface area contributed by atoms with Crippen molar-refractivity contribution in [2.75, 3.05) is 43.6 Å². The number of aromatic nitrogens is 1. The van der Waals surface area contributed by atoms with Crippen LogP contribution in [-0.2, 0) is 16.0 Å². The van der Waals surface area contributed by atoms with Crippen LogP contribution < -0.4 is 15.0 Å². The summed E-state index contributed by atoms with van der Waals surface area (Å²) < 4.78 is 25.1. The van der Waals surface area contributed by atoms with Gasteiger partial charge < -0.3 is 19.7 Å². The van der Waals surface area contributed by atoms with Gasteiger partial charge in [0, 0.05) is 18.8 Å². The fourth-order valence-electron chi connectivity index (χ4n) is 3.09.